The van der Waals surface area contributed by atoms with E-state index in [1.54, 1.807) is 97.9 Å². The lowest BCUT2D eigenvalue weighted by atomic mass is 10.2. The molecule has 0 saturated carbocycles. The molecule has 0 radical (unpaired) electrons. The molecule has 0 aliphatic carbocycles. The minimum absolute atomic E-state index is 0.0110. The van der Waals surface area contributed by atoms with E-state index in [1.807, 2.05) is 24.3 Å². The molecule has 11 heteroatoms. The number of thioether (sulfide) groups is 1. The number of halogens is 1. The van der Waals surface area contributed by atoms with Crippen LogP contribution in [-0.4, -0.2) is 28.9 Å². The number of nitrogens with one attached hydrogen (secondary N) is 3. The molecule has 236 valence electrons. The van der Waals surface area contributed by atoms with E-state index in [0.29, 0.717) is 34.0 Å². The Hall–Kier alpha value is -5.39. The number of nitrogens with two attached hydrogens (primary N) is 1. The molecule has 1 heterocycles. The second-order valence-corrected chi connectivity index (χ2v) is 12.6. The van der Waals surface area contributed by atoms with E-state index < -0.39 is 23.0 Å². The minimum Gasteiger partial charge on any atom is -0.457 e. The average molecular weight is 710 g/mol. The molecule has 0 saturated heterocycles. The third kappa shape index (κ3) is 9.09. The molecule has 0 aliphatic heterocycles. The number of hydrogen-bond acceptors (Lipinski definition) is 6. The summed E-state index contributed by atoms with van der Waals surface area (Å²) in [6.45, 7) is 1.77. The van der Waals surface area contributed by atoms with Crippen molar-refractivity contribution in [1.82, 2.24) is 5.32 Å². The van der Waals surface area contributed by atoms with Gasteiger partial charge in [-0.2, -0.15) is 0 Å². The van der Waals surface area contributed by atoms with Crippen molar-refractivity contribution >= 4 is 68.8 Å². The van der Waals surface area contributed by atoms with Crippen molar-refractivity contribution in [3.05, 3.63) is 142 Å². The molecule has 4 amide bonds. The largest absolute Gasteiger partial charge is 0.457 e. The van der Waals surface area contributed by atoms with Crippen LogP contribution in [0.3, 0.4) is 0 Å². The summed E-state index contributed by atoms with van der Waals surface area (Å²) in [6, 6.07) is 33.0. The van der Waals surface area contributed by atoms with Crippen LogP contribution < -0.4 is 21.7 Å². The van der Waals surface area contributed by atoms with Crippen molar-refractivity contribution in [3.63, 3.8) is 0 Å². The Morgan fingerprint density at radius 3 is 2.06 bits per heavy atom. The lowest BCUT2D eigenvalue weighted by Gasteiger charge is -2.13. The maximum Gasteiger partial charge on any atom is 0.272 e. The summed E-state index contributed by atoms with van der Waals surface area (Å²) < 4.78 is 6.91. The fraction of sp³-hybridized carbons (Fsp3) is 0.0556. The summed E-state index contributed by atoms with van der Waals surface area (Å²) in [6.07, 6.45) is 1.48. The number of hydrogen-bond donors (Lipinski definition) is 4. The summed E-state index contributed by atoms with van der Waals surface area (Å²) in [7, 11) is 0. The van der Waals surface area contributed by atoms with E-state index in [1.165, 1.54) is 17.8 Å². The minimum atomic E-state index is -0.550. The Kier molecular flexibility index (Phi) is 10.7. The first-order valence-electron chi connectivity index (χ1n) is 14.4. The lowest BCUT2D eigenvalue weighted by Crippen LogP contribution is -2.30. The number of carbonyl (C=O) groups is 4. The maximum atomic E-state index is 13.5. The number of furan rings is 1. The van der Waals surface area contributed by atoms with Gasteiger partial charge in [0.25, 0.3) is 11.8 Å². The highest BCUT2D eigenvalue weighted by atomic mass is 79.9. The highest BCUT2D eigenvalue weighted by molar-refractivity contribution is 9.10. The molecular weight excluding hydrogens is 680 g/mol. The summed E-state index contributed by atoms with van der Waals surface area (Å²) >= 11 is 4.76. The lowest BCUT2D eigenvalue weighted by molar-refractivity contribution is -0.115. The molecule has 0 aliphatic rings. The Morgan fingerprint density at radius 2 is 1.40 bits per heavy atom. The van der Waals surface area contributed by atoms with Gasteiger partial charge in [-0.3, -0.25) is 19.2 Å². The van der Waals surface area contributed by atoms with Gasteiger partial charge in [-0.15, -0.1) is 11.8 Å². The smallest absolute Gasteiger partial charge is 0.272 e. The summed E-state index contributed by atoms with van der Waals surface area (Å²) in [5.74, 6) is -0.774. The number of amides is 4. The van der Waals surface area contributed by atoms with Gasteiger partial charge in [0.2, 0.25) is 11.8 Å². The maximum absolute atomic E-state index is 13.5. The van der Waals surface area contributed by atoms with Crippen molar-refractivity contribution in [2.24, 2.45) is 5.73 Å². The van der Waals surface area contributed by atoms with Gasteiger partial charge in [0.15, 0.2) is 0 Å². The SMILES string of the molecule is CC(Sc1ccc(NC(=O)/C(=C/c2ccc(-c3ccc(Br)cc3)o2)NC(=O)c2ccccc2)cc1)C(=O)Nc1ccc(C(N)=O)cc1. The molecule has 5 rings (SSSR count). The van der Waals surface area contributed by atoms with Gasteiger partial charge in [-0.05, 0) is 91.9 Å². The third-order valence-corrected chi connectivity index (χ3v) is 8.44. The van der Waals surface area contributed by atoms with Gasteiger partial charge in [-0.1, -0.05) is 46.3 Å². The van der Waals surface area contributed by atoms with E-state index in [0.717, 1.165) is 14.9 Å². The molecule has 0 fully saturated rings. The number of carbonyl (C=O) groups excluding carboxylic acids is 4. The van der Waals surface area contributed by atoms with Crippen LogP contribution in [0.5, 0.6) is 0 Å². The number of anilines is 2. The van der Waals surface area contributed by atoms with Crippen LogP contribution in [0.25, 0.3) is 17.4 Å². The number of benzene rings is 4. The van der Waals surface area contributed by atoms with E-state index in [-0.39, 0.29) is 11.6 Å². The van der Waals surface area contributed by atoms with E-state index in [2.05, 4.69) is 31.9 Å². The highest BCUT2D eigenvalue weighted by Crippen LogP contribution is 2.27. The van der Waals surface area contributed by atoms with Crippen LogP contribution >= 0.6 is 27.7 Å². The summed E-state index contributed by atoms with van der Waals surface area (Å²) in [5, 5.41) is 7.91. The molecule has 0 bridgehead atoms. The predicted molar refractivity (Wildman–Crippen MR) is 188 cm³/mol. The van der Waals surface area contributed by atoms with Gasteiger partial charge < -0.3 is 26.1 Å². The molecule has 4 aromatic carbocycles. The normalized spacial score (nSPS) is 11.7. The van der Waals surface area contributed by atoms with Gasteiger partial charge in [0, 0.05) is 43.5 Å². The third-order valence-electron chi connectivity index (χ3n) is 6.80. The molecule has 1 unspecified atom stereocenters. The Bertz CT molecular complexity index is 1920. The zero-order valence-electron chi connectivity index (χ0n) is 25.0. The first kappa shape index (κ1) is 33.0. The Labute approximate surface area is 283 Å². The topological polar surface area (TPSA) is 144 Å². The highest BCUT2D eigenvalue weighted by Gasteiger charge is 2.18. The fourth-order valence-corrected chi connectivity index (χ4v) is 5.45. The van der Waals surface area contributed by atoms with E-state index >= 15 is 0 Å². The molecule has 1 aromatic heterocycles. The number of primary amides is 1. The fourth-order valence-electron chi connectivity index (χ4n) is 4.32. The molecule has 47 heavy (non-hydrogen) atoms. The van der Waals surface area contributed by atoms with Crippen LogP contribution in [0.15, 0.2) is 135 Å². The van der Waals surface area contributed by atoms with Crippen LogP contribution in [0, 0.1) is 0 Å². The van der Waals surface area contributed by atoms with Crippen molar-refractivity contribution < 1.29 is 23.6 Å². The first-order chi connectivity index (χ1) is 22.6. The standard InChI is InChI=1S/C36H29BrN4O5S/c1-22(34(43)39-27-13-9-24(10-14-27)33(38)42)47-30-18-15-28(16-19-30)40-36(45)31(41-35(44)25-5-3-2-4-6-25)21-29-17-20-32(46-29)23-7-11-26(37)12-8-23/h2-22H,1H3,(H2,38,42)(H,39,43)(H,40,45)(H,41,44)/b31-21-. The van der Waals surface area contributed by atoms with Gasteiger partial charge in [-0.25, -0.2) is 0 Å². The molecular formula is C36H29BrN4O5S. The van der Waals surface area contributed by atoms with Crippen molar-refractivity contribution in [2.45, 2.75) is 17.1 Å². The zero-order chi connectivity index (χ0) is 33.3. The van der Waals surface area contributed by atoms with Crippen LogP contribution in [0.1, 0.15) is 33.4 Å². The Morgan fingerprint density at radius 1 is 0.766 bits per heavy atom. The van der Waals surface area contributed by atoms with Crippen molar-refractivity contribution in [3.8, 4) is 11.3 Å². The average Bonchev–Trinajstić information content (AvgIpc) is 3.54. The van der Waals surface area contributed by atoms with Gasteiger partial charge in [0.05, 0.1) is 5.25 Å². The zero-order valence-corrected chi connectivity index (χ0v) is 27.4. The predicted octanol–water partition coefficient (Wildman–Crippen LogP) is 7.34. The van der Waals surface area contributed by atoms with Crippen molar-refractivity contribution in [2.75, 3.05) is 10.6 Å². The van der Waals surface area contributed by atoms with E-state index in [9.17, 15) is 19.2 Å². The second kappa shape index (κ2) is 15.3. The number of rotatable bonds is 11. The quantitative estimate of drug-likeness (QED) is 0.0835. The van der Waals surface area contributed by atoms with Crippen molar-refractivity contribution in [1.29, 1.82) is 0 Å². The second-order valence-electron chi connectivity index (χ2n) is 10.3. The molecule has 0 spiro atoms. The molecule has 9 nitrogen and oxygen atoms in total. The summed E-state index contributed by atoms with van der Waals surface area (Å²) in [4.78, 5) is 51.3. The van der Waals surface area contributed by atoms with Gasteiger partial charge >= 0.3 is 0 Å². The van der Waals surface area contributed by atoms with E-state index in [4.69, 9.17) is 10.2 Å². The first-order valence-corrected chi connectivity index (χ1v) is 16.0. The molecule has 5 N–H and O–H groups in total. The van der Waals surface area contributed by atoms with Gasteiger partial charge in [0.1, 0.15) is 17.2 Å². The van der Waals surface area contributed by atoms with Crippen LogP contribution in [-0.2, 0) is 9.59 Å². The Balaban J connectivity index is 1.26. The van der Waals surface area contributed by atoms with Crippen LogP contribution in [0.4, 0.5) is 11.4 Å². The molecule has 1 atom stereocenters. The molecule has 5 aromatic rings. The van der Waals surface area contributed by atoms with Crippen LogP contribution in [0.2, 0.25) is 0 Å². The monoisotopic (exact) mass is 708 g/mol. The summed E-state index contributed by atoms with van der Waals surface area (Å²) in [5.41, 5.74) is 7.90.